The van der Waals surface area contributed by atoms with Crippen LogP contribution < -0.4 is 0 Å². The average molecular weight is 262 g/mol. The zero-order valence-corrected chi connectivity index (χ0v) is 12.3. The Labute approximate surface area is 118 Å². The fraction of sp³-hybridized carbons (Fsp3) is 1.00. The van der Waals surface area contributed by atoms with Gasteiger partial charge in [0, 0.05) is 0 Å². The summed E-state index contributed by atoms with van der Waals surface area (Å²) in [5.74, 6) is 5.12. The number of hydrogen-bond donors (Lipinski definition) is 1. The van der Waals surface area contributed by atoms with Crippen molar-refractivity contribution < 1.29 is 5.11 Å². The van der Waals surface area contributed by atoms with Crippen molar-refractivity contribution in [2.75, 3.05) is 0 Å². The Balaban J connectivity index is 1.52. The fourth-order valence-electron chi connectivity index (χ4n) is 6.39. The molecule has 4 aliphatic rings. The Morgan fingerprint density at radius 2 is 1.11 bits per heavy atom. The number of rotatable bonds is 0. The number of fused-ring (bicyclic) bond motifs is 3. The first-order valence-electron chi connectivity index (χ1n) is 9.01. The van der Waals surface area contributed by atoms with Gasteiger partial charge in [0.15, 0.2) is 0 Å². The molecule has 1 nitrogen and oxygen atoms in total. The highest BCUT2D eigenvalue weighted by atomic mass is 16.3. The molecule has 0 aromatic heterocycles. The lowest BCUT2D eigenvalue weighted by Crippen LogP contribution is -2.49. The Hall–Kier alpha value is -0.0400. The summed E-state index contributed by atoms with van der Waals surface area (Å²) < 4.78 is 0. The maximum atomic E-state index is 10.9. The highest BCUT2D eigenvalue weighted by molar-refractivity contribution is 4.98. The molecular weight excluding hydrogens is 232 g/mol. The number of aliphatic hydroxyl groups excluding tert-OH is 1. The van der Waals surface area contributed by atoms with Gasteiger partial charge in [-0.05, 0) is 61.2 Å². The second-order valence-electron chi connectivity index (χ2n) is 8.13. The molecule has 0 aromatic carbocycles. The molecule has 0 spiro atoms. The zero-order valence-electron chi connectivity index (χ0n) is 12.3. The highest BCUT2D eigenvalue weighted by Gasteiger charge is 2.48. The van der Waals surface area contributed by atoms with Crippen molar-refractivity contribution in [2.45, 2.75) is 76.7 Å². The minimum Gasteiger partial charge on any atom is -0.393 e. The van der Waals surface area contributed by atoms with Gasteiger partial charge in [0.05, 0.1) is 6.10 Å². The van der Waals surface area contributed by atoms with E-state index < -0.39 is 0 Å². The van der Waals surface area contributed by atoms with Crippen molar-refractivity contribution in [3.63, 3.8) is 0 Å². The van der Waals surface area contributed by atoms with Crippen LogP contribution in [0.4, 0.5) is 0 Å². The standard InChI is InChI=1S/C18H30O/c19-18-16-8-4-3-7-14(16)10-15-9-12-5-1-2-6-13(12)11-17(15)18/h12-19H,1-11H2/t12?,13?,14?,15?,16?,17?,18-/m1/s1. The van der Waals surface area contributed by atoms with E-state index in [2.05, 4.69) is 0 Å². The molecule has 19 heavy (non-hydrogen) atoms. The van der Waals surface area contributed by atoms with Gasteiger partial charge in [-0.15, -0.1) is 0 Å². The monoisotopic (exact) mass is 262 g/mol. The van der Waals surface area contributed by atoms with Crippen LogP contribution >= 0.6 is 0 Å². The van der Waals surface area contributed by atoms with E-state index in [1.807, 2.05) is 0 Å². The third-order valence-corrected chi connectivity index (χ3v) is 7.30. The highest BCUT2D eigenvalue weighted by Crippen LogP contribution is 2.54. The summed E-state index contributed by atoms with van der Waals surface area (Å²) in [6.45, 7) is 0. The quantitative estimate of drug-likeness (QED) is 0.686. The molecule has 4 rings (SSSR count). The van der Waals surface area contributed by atoms with Crippen LogP contribution in [0.5, 0.6) is 0 Å². The zero-order chi connectivity index (χ0) is 12.8. The van der Waals surface area contributed by atoms with Gasteiger partial charge in [-0.25, -0.2) is 0 Å². The van der Waals surface area contributed by atoms with Gasteiger partial charge in [0.2, 0.25) is 0 Å². The molecule has 6 unspecified atom stereocenters. The lowest BCUT2D eigenvalue weighted by molar-refractivity contribution is -0.0993. The second kappa shape index (κ2) is 5.06. The van der Waals surface area contributed by atoms with Gasteiger partial charge in [-0.3, -0.25) is 0 Å². The summed E-state index contributed by atoms with van der Waals surface area (Å²) in [5.41, 5.74) is 0. The molecule has 4 aliphatic carbocycles. The molecule has 0 bridgehead atoms. The molecule has 4 saturated carbocycles. The molecule has 1 heteroatoms. The molecule has 0 aromatic rings. The van der Waals surface area contributed by atoms with E-state index in [-0.39, 0.29) is 6.10 Å². The lowest BCUT2D eigenvalue weighted by Gasteiger charge is -2.53. The summed E-state index contributed by atoms with van der Waals surface area (Å²) in [7, 11) is 0. The van der Waals surface area contributed by atoms with Crippen LogP contribution in [-0.2, 0) is 0 Å². The molecule has 0 aliphatic heterocycles. The van der Waals surface area contributed by atoms with Gasteiger partial charge in [-0.1, -0.05) is 44.9 Å². The first-order valence-corrected chi connectivity index (χ1v) is 9.01. The third kappa shape index (κ3) is 2.17. The molecule has 7 atom stereocenters. The van der Waals surface area contributed by atoms with E-state index in [1.54, 1.807) is 0 Å². The second-order valence-corrected chi connectivity index (χ2v) is 8.13. The predicted octanol–water partition coefficient (Wildman–Crippen LogP) is 4.39. The van der Waals surface area contributed by atoms with Gasteiger partial charge in [-0.2, -0.15) is 0 Å². The van der Waals surface area contributed by atoms with Crippen LogP contribution in [0.2, 0.25) is 0 Å². The average Bonchev–Trinajstić information content (AvgIpc) is 2.46. The molecule has 1 N–H and O–H groups in total. The SMILES string of the molecule is O[C@@H]1C2CCCCC2CC2CC3CCCCC3CC21. The summed E-state index contributed by atoms with van der Waals surface area (Å²) in [6.07, 6.45) is 15.8. The molecule has 108 valence electrons. The molecule has 0 amide bonds. The minimum absolute atomic E-state index is 0.0620. The van der Waals surface area contributed by atoms with Gasteiger partial charge in [0.25, 0.3) is 0 Å². The summed E-state index contributed by atoms with van der Waals surface area (Å²) >= 11 is 0. The fourth-order valence-corrected chi connectivity index (χ4v) is 6.39. The van der Waals surface area contributed by atoms with E-state index in [0.717, 1.165) is 23.7 Å². The van der Waals surface area contributed by atoms with Crippen LogP contribution in [0, 0.1) is 35.5 Å². The first kappa shape index (κ1) is 12.7. The Kier molecular flexibility index (Phi) is 3.38. The smallest absolute Gasteiger partial charge is 0.0601 e. The van der Waals surface area contributed by atoms with E-state index in [0.29, 0.717) is 11.8 Å². The van der Waals surface area contributed by atoms with Crippen LogP contribution in [0.25, 0.3) is 0 Å². The van der Waals surface area contributed by atoms with E-state index in [4.69, 9.17) is 0 Å². The summed E-state index contributed by atoms with van der Waals surface area (Å²) in [6, 6.07) is 0. The third-order valence-electron chi connectivity index (χ3n) is 7.30. The van der Waals surface area contributed by atoms with Crippen molar-refractivity contribution >= 4 is 0 Å². The maximum Gasteiger partial charge on any atom is 0.0601 e. The van der Waals surface area contributed by atoms with Gasteiger partial charge >= 0.3 is 0 Å². The van der Waals surface area contributed by atoms with E-state index in [9.17, 15) is 5.11 Å². The van der Waals surface area contributed by atoms with E-state index >= 15 is 0 Å². The number of aliphatic hydroxyl groups is 1. The predicted molar refractivity (Wildman–Crippen MR) is 77.7 cm³/mol. The maximum absolute atomic E-state index is 10.9. The van der Waals surface area contributed by atoms with Crippen LogP contribution in [0.15, 0.2) is 0 Å². The van der Waals surface area contributed by atoms with Crippen molar-refractivity contribution in [3.05, 3.63) is 0 Å². The Bertz CT molecular complexity index is 324. The molecule has 4 fully saturated rings. The molecule has 0 heterocycles. The van der Waals surface area contributed by atoms with Crippen LogP contribution in [-0.4, -0.2) is 11.2 Å². The number of hydrogen-bond acceptors (Lipinski definition) is 1. The summed E-state index contributed by atoms with van der Waals surface area (Å²) in [5, 5.41) is 10.9. The van der Waals surface area contributed by atoms with Crippen molar-refractivity contribution in [2.24, 2.45) is 35.5 Å². The van der Waals surface area contributed by atoms with Crippen molar-refractivity contribution in [3.8, 4) is 0 Å². The van der Waals surface area contributed by atoms with Gasteiger partial charge in [0.1, 0.15) is 0 Å². The van der Waals surface area contributed by atoms with Crippen molar-refractivity contribution in [1.82, 2.24) is 0 Å². The van der Waals surface area contributed by atoms with Crippen molar-refractivity contribution in [1.29, 1.82) is 0 Å². The van der Waals surface area contributed by atoms with Crippen LogP contribution in [0.3, 0.4) is 0 Å². The Morgan fingerprint density at radius 3 is 1.89 bits per heavy atom. The molecular formula is C18H30O. The normalized spacial score (nSPS) is 53.8. The Morgan fingerprint density at radius 1 is 0.526 bits per heavy atom. The van der Waals surface area contributed by atoms with Crippen LogP contribution in [0.1, 0.15) is 70.6 Å². The largest absolute Gasteiger partial charge is 0.393 e. The molecule has 0 radical (unpaired) electrons. The lowest BCUT2D eigenvalue weighted by atomic mass is 9.53. The van der Waals surface area contributed by atoms with E-state index in [1.165, 1.54) is 70.6 Å². The molecule has 0 saturated heterocycles. The topological polar surface area (TPSA) is 20.2 Å². The van der Waals surface area contributed by atoms with Gasteiger partial charge < -0.3 is 5.11 Å². The summed E-state index contributed by atoms with van der Waals surface area (Å²) in [4.78, 5) is 0. The minimum atomic E-state index is 0.0620. The first-order chi connectivity index (χ1) is 9.33.